The van der Waals surface area contributed by atoms with Crippen LogP contribution in [0.2, 0.25) is 0 Å². The molecule has 56 valence electrons. The Morgan fingerprint density at radius 3 is 3.00 bits per heavy atom. The molecule has 0 N–H and O–H groups in total. The standard InChI is InChI=1S/C9H13Br/c1-2-5-9(10)8-6-3-4-7-8/h3,6-7,9H,2,4-5H2,1H3. The molecule has 0 radical (unpaired) electrons. The third kappa shape index (κ3) is 1.98. The van der Waals surface area contributed by atoms with Gasteiger partial charge in [0.2, 0.25) is 0 Å². The van der Waals surface area contributed by atoms with Gasteiger partial charge in [-0.25, -0.2) is 0 Å². The summed E-state index contributed by atoms with van der Waals surface area (Å²) >= 11 is 3.65. The van der Waals surface area contributed by atoms with Crippen molar-refractivity contribution in [3.05, 3.63) is 23.8 Å². The maximum Gasteiger partial charge on any atom is 0.0392 e. The predicted octanol–water partition coefficient (Wildman–Crippen LogP) is 3.44. The summed E-state index contributed by atoms with van der Waals surface area (Å²) in [6.07, 6.45) is 10.3. The van der Waals surface area contributed by atoms with Crippen molar-refractivity contribution in [2.75, 3.05) is 0 Å². The Labute approximate surface area is 71.1 Å². The average Bonchev–Trinajstić information content (AvgIpc) is 2.38. The summed E-state index contributed by atoms with van der Waals surface area (Å²) in [6.45, 7) is 2.22. The van der Waals surface area contributed by atoms with E-state index in [4.69, 9.17) is 0 Å². The molecular formula is C9H13Br. The minimum Gasteiger partial charge on any atom is -0.0839 e. The number of alkyl halides is 1. The zero-order chi connectivity index (χ0) is 7.40. The first-order valence-corrected chi connectivity index (χ1v) is 4.77. The Bertz CT molecular complexity index is 156. The van der Waals surface area contributed by atoms with Crippen molar-refractivity contribution < 1.29 is 0 Å². The smallest absolute Gasteiger partial charge is 0.0392 e. The quantitative estimate of drug-likeness (QED) is 0.613. The van der Waals surface area contributed by atoms with Gasteiger partial charge in [-0.1, -0.05) is 47.5 Å². The van der Waals surface area contributed by atoms with Gasteiger partial charge in [-0.3, -0.25) is 0 Å². The highest BCUT2D eigenvalue weighted by Gasteiger charge is 2.07. The molecule has 1 unspecified atom stereocenters. The van der Waals surface area contributed by atoms with E-state index in [0.717, 1.165) is 6.42 Å². The third-order valence-electron chi connectivity index (χ3n) is 1.70. The fraction of sp³-hybridized carbons (Fsp3) is 0.556. The molecule has 0 saturated carbocycles. The van der Waals surface area contributed by atoms with Gasteiger partial charge in [0.05, 0.1) is 0 Å². The molecular weight excluding hydrogens is 188 g/mol. The number of rotatable bonds is 3. The van der Waals surface area contributed by atoms with Crippen molar-refractivity contribution in [1.29, 1.82) is 0 Å². The van der Waals surface area contributed by atoms with Crippen LogP contribution in [0.25, 0.3) is 0 Å². The molecule has 0 heterocycles. The summed E-state index contributed by atoms with van der Waals surface area (Å²) in [5, 5.41) is 0. The maximum absolute atomic E-state index is 3.65. The van der Waals surface area contributed by atoms with E-state index in [1.54, 1.807) is 0 Å². The monoisotopic (exact) mass is 200 g/mol. The second-order valence-corrected chi connectivity index (χ2v) is 3.70. The van der Waals surface area contributed by atoms with Gasteiger partial charge in [0.1, 0.15) is 0 Å². The van der Waals surface area contributed by atoms with Gasteiger partial charge in [0.15, 0.2) is 0 Å². The predicted molar refractivity (Wildman–Crippen MR) is 49.5 cm³/mol. The van der Waals surface area contributed by atoms with Crippen molar-refractivity contribution in [2.24, 2.45) is 0 Å². The van der Waals surface area contributed by atoms with E-state index in [1.165, 1.54) is 18.4 Å². The van der Waals surface area contributed by atoms with Gasteiger partial charge in [0, 0.05) is 4.83 Å². The molecule has 0 aromatic carbocycles. The van der Waals surface area contributed by atoms with Crippen LogP contribution in [0.4, 0.5) is 0 Å². The Morgan fingerprint density at radius 2 is 2.50 bits per heavy atom. The van der Waals surface area contributed by atoms with Gasteiger partial charge in [-0.15, -0.1) is 0 Å². The lowest BCUT2D eigenvalue weighted by atomic mass is 10.1. The molecule has 0 bridgehead atoms. The molecule has 0 fully saturated rings. The SMILES string of the molecule is CCCC(Br)C1=CCC=C1. The number of hydrogen-bond acceptors (Lipinski definition) is 0. The fourth-order valence-corrected chi connectivity index (χ4v) is 1.93. The van der Waals surface area contributed by atoms with Crippen molar-refractivity contribution in [2.45, 2.75) is 31.0 Å². The summed E-state index contributed by atoms with van der Waals surface area (Å²) in [5.74, 6) is 0. The lowest BCUT2D eigenvalue weighted by Gasteiger charge is -2.06. The van der Waals surface area contributed by atoms with Crippen LogP contribution in [0, 0.1) is 0 Å². The summed E-state index contributed by atoms with van der Waals surface area (Å²) in [7, 11) is 0. The summed E-state index contributed by atoms with van der Waals surface area (Å²) < 4.78 is 0. The number of allylic oxidation sites excluding steroid dienone is 4. The van der Waals surface area contributed by atoms with Gasteiger partial charge >= 0.3 is 0 Å². The largest absolute Gasteiger partial charge is 0.0839 e. The molecule has 0 nitrogen and oxygen atoms in total. The number of halogens is 1. The van der Waals surface area contributed by atoms with Crippen molar-refractivity contribution >= 4 is 15.9 Å². The average molecular weight is 201 g/mol. The van der Waals surface area contributed by atoms with Crippen molar-refractivity contribution in [3.63, 3.8) is 0 Å². The van der Waals surface area contributed by atoms with E-state index in [-0.39, 0.29) is 0 Å². The van der Waals surface area contributed by atoms with E-state index in [2.05, 4.69) is 41.1 Å². The van der Waals surface area contributed by atoms with Crippen LogP contribution in [-0.4, -0.2) is 4.83 Å². The van der Waals surface area contributed by atoms with Crippen molar-refractivity contribution in [3.8, 4) is 0 Å². The highest BCUT2D eigenvalue weighted by Crippen LogP contribution is 2.22. The third-order valence-corrected chi connectivity index (χ3v) is 2.69. The first-order chi connectivity index (χ1) is 4.84. The molecule has 0 aromatic rings. The highest BCUT2D eigenvalue weighted by atomic mass is 79.9. The lowest BCUT2D eigenvalue weighted by Crippen LogP contribution is -1.97. The molecule has 1 rings (SSSR count). The molecule has 0 aliphatic heterocycles. The molecule has 0 aromatic heterocycles. The van der Waals surface area contributed by atoms with Crippen LogP contribution in [0.5, 0.6) is 0 Å². The van der Waals surface area contributed by atoms with Crippen LogP contribution in [0.1, 0.15) is 26.2 Å². The second kappa shape index (κ2) is 3.97. The van der Waals surface area contributed by atoms with E-state index < -0.39 is 0 Å². The molecule has 0 spiro atoms. The van der Waals surface area contributed by atoms with Crippen LogP contribution in [0.15, 0.2) is 23.8 Å². The number of hydrogen-bond donors (Lipinski definition) is 0. The Morgan fingerprint density at radius 1 is 1.70 bits per heavy atom. The van der Waals surface area contributed by atoms with E-state index in [0.29, 0.717) is 4.83 Å². The zero-order valence-corrected chi connectivity index (χ0v) is 7.89. The first kappa shape index (κ1) is 8.06. The lowest BCUT2D eigenvalue weighted by molar-refractivity contribution is 0.821. The van der Waals surface area contributed by atoms with Gasteiger partial charge in [-0.05, 0) is 18.4 Å². The van der Waals surface area contributed by atoms with Crippen LogP contribution >= 0.6 is 15.9 Å². The van der Waals surface area contributed by atoms with E-state index >= 15 is 0 Å². The van der Waals surface area contributed by atoms with Crippen LogP contribution in [-0.2, 0) is 0 Å². The van der Waals surface area contributed by atoms with E-state index in [9.17, 15) is 0 Å². The van der Waals surface area contributed by atoms with E-state index in [1.807, 2.05) is 0 Å². The maximum atomic E-state index is 3.65. The van der Waals surface area contributed by atoms with Gasteiger partial charge in [0.25, 0.3) is 0 Å². The van der Waals surface area contributed by atoms with Crippen LogP contribution < -0.4 is 0 Å². The molecule has 1 heteroatoms. The molecule has 0 amide bonds. The van der Waals surface area contributed by atoms with Crippen LogP contribution in [0.3, 0.4) is 0 Å². The second-order valence-electron chi connectivity index (χ2n) is 2.60. The highest BCUT2D eigenvalue weighted by molar-refractivity contribution is 9.09. The minimum atomic E-state index is 0.594. The zero-order valence-electron chi connectivity index (χ0n) is 6.31. The minimum absolute atomic E-state index is 0.594. The normalized spacial score (nSPS) is 19.2. The summed E-state index contributed by atoms with van der Waals surface area (Å²) in [5.41, 5.74) is 1.46. The topological polar surface area (TPSA) is 0 Å². The molecule has 1 aliphatic rings. The molecule has 1 atom stereocenters. The Kier molecular flexibility index (Phi) is 3.20. The Hall–Kier alpha value is -0.0400. The summed E-state index contributed by atoms with van der Waals surface area (Å²) in [4.78, 5) is 0.594. The van der Waals surface area contributed by atoms with Gasteiger partial charge < -0.3 is 0 Å². The first-order valence-electron chi connectivity index (χ1n) is 3.85. The molecule has 0 saturated heterocycles. The van der Waals surface area contributed by atoms with Gasteiger partial charge in [-0.2, -0.15) is 0 Å². The molecule has 10 heavy (non-hydrogen) atoms. The van der Waals surface area contributed by atoms with Crippen molar-refractivity contribution in [1.82, 2.24) is 0 Å². The molecule has 1 aliphatic carbocycles. The Balaban J connectivity index is 2.40. The summed E-state index contributed by atoms with van der Waals surface area (Å²) in [6, 6.07) is 0. The fourth-order valence-electron chi connectivity index (χ4n) is 1.13.